The minimum absolute atomic E-state index is 0.675. The van der Waals surface area contributed by atoms with Crippen LogP contribution >= 0.6 is 0 Å². The quantitative estimate of drug-likeness (QED) is 0.0904. The first-order chi connectivity index (χ1) is 34.1. The molecule has 0 aromatic heterocycles. The van der Waals surface area contributed by atoms with Crippen LogP contribution in [0.3, 0.4) is 0 Å². The highest BCUT2D eigenvalue weighted by Gasteiger charge is 2.45. The molecule has 8 aromatic rings. The fourth-order valence-corrected chi connectivity index (χ4v) is 18.1. The first-order valence-corrected chi connectivity index (χ1v) is 29.5. The predicted octanol–water partition coefficient (Wildman–Crippen LogP) is 15.3. The van der Waals surface area contributed by atoms with Crippen molar-refractivity contribution in [2.24, 2.45) is 0 Å². The van der Waals surface area contributed by atoms with E-state index in [1.807, 2.05) is 72.8 Å². The van der Waals surface area contributed by atoms with Gasteiger partial charge in [-0.25, -0.2) is 0 Å². The van der Waals surface area contributed by atoms with Gasteiger partial charge in [0.05, 0.1) is 0 Å². The number of allylic oxidation sites excluding steroid dienone is 4. The van der Waals surface area contributed by atoms with Gasteiger partial charge in [0.2, 0.25) is 0 Å². The highest BCUT2D eigenvalue weighted by atomic mass is 28.3. The Bertz CT molecular complexity index is 2890. The Morgan fingerprint density at radius 2 is 0.400 bits per heavy atom. The second-order valence-electron chi connectivity index (χ2n) is 18.7. The molecule has 4 nitrogen and oxygen atoms in total. The van der Waals surface area contributed by atoms with Crippen molar-refractivity contribution in [1.29, 1.82) is 0 Å². The van der Waals surface area contributed by atoms with Crippen LogP contribution in [0.15, 0.2) is 218 Å². The summed E-state index contributed by atoms with van der Waals surface area (Å²) in [7, 11) is -4.49. The van der Waals surface area contributed by atoms with E-state index in [1.165, 1.54) is 65.3 Å². The summed E-state index contributed by atoms with van der Waals surface area (Å²) in [5, 5.41) is 5.42. The Hall–Kier alpha value is -8.17. The summed E-state index contributed by atoms with van der Waals surface area (Å²) in [5.74, 6) is 0. The monoisotopic (exact) mass is 940 g/mol. The van der Waals surface area contributed by atoms with Crippen molar-refractivity contribution in [3.05, 3.63) is 285 Å². The summed E-state index contributed by atoms with van der Waals surface area (Å²) in [6.07, 6.45) is 3.56. The Morgan fingerprint density at radius 1 is 0.229 bits per heavy atom. The van der Waals surface area contributed by atoms with Crippen LogP contribution < -0.4 is 0 Å². The third-order valence-corrected chi connectivity index (χ3v) is 20.7. The van der Waals surface area contributed by atoms with Gasteiger partial charge in [-0.2, -0.15) is 0 Å². The lowest BCUT2D eigenvalue weighted by Gasteiger charge is -2.26. The molecule has 0 fully saturated rings. The lowest BCUT2D eigenvalue weighted by molar-refractivity contribution is 0.111. The van der Waals surface area contributed by atoms with E-state index >= 15 is 0 Å². The molecule has 8 aromatic carbocycles. The molecular weight excluding hydrogens is 889 g/mol. The number of hydrogen-bond acceptors (Lipinski definition) is 4. The molecule has 2 aliphatic rings. The highest BCUT2D eigenvalue weighted by Crippen LogP contribution is 2.57. The molecule has 0 amide bonds. The average molecular weight is 941 g/mol. The zero-order chi connectivity index (χ0) is 48.8. The second-order valence-corrected chi connectivity index (χ2v) is 27.2. The Morgan fingerprint density at radius 3 is 0.557 bits per heavy atom. The second kappa shape index (κ2) is 20.2. The van der Waals surface area contributed by atoms with Gasteiger partial charge >= 0.3 is 0 Å². The molecule has 6 heteroatoms. The van der Waals surface area contributed by atoms with Crippen molar-refractivity contribution in [3.8, 4) is 0 Å². The van der Waals surface area contributed by atoms with Crippen LogP contribution in [-0.2, 0) is 0 Å². The highest BCUT2D eigenvalue weighted by molar-refractivity contribution is 7.14. The van der Waals surface area contributed by atoms with E-state index in [0.29, 0.717) is 22.3 Å². The maximum Gasteiger partial charge on any atom is 0.150 e. The van der Waals surface area contributed by atoms with E-state index in [4.69, 9.17) is 0 Å². The van der Waals surface area contributed by atoms with Crippen LogP contribution in [0.25, 0.3) is 43.1 Å². The summed E-state index contributed by atoms with van der Waals surface area (Å²) in [5.41, 5.74) is 17.0. The molecule has 0 atom stereocenters. The maximum atomic E-state index is 11.3. The summed E-state index contributed by atoms with van der Waals surface area (Å²) >= 11 is 0. The van der Waals surface area contributed by atoms with Crippen LogP contribution in [0, 0.1) is 0 Å². The topological polar surface area (TPSA) is 68.3 Å². The van der Waals surface area contributed by atoms with Crippen LogP contribution in [-0.4, -0.2) is 41.3 Å². The van der Waals surface area contributed by atoms with Crippen molar-refractivity contribution in [2.75, 3.05) is 0 Å². The van der Waals surface area contributed by atoms with E-state index in [0.717, 1.165) is 47.4 Å². The fourth-order valence-electron chi connectivity index (χ4n) is 10.5. The molecule has 0 saturated carbocycles. The first kappa shape index (κ1) is 46.9. The lowest BCUT2D eigenvalue weighted by atomic mass is 9.89. The van der Waals surface area contributed by atoms with Crippen LogP contribution in [0.5, 0.6) is 0 Å². The average Bonchev–Trinajstić information content (AvgIpc) is 3.82. The molecular formula is C64H52O4Si2. The smallest absolute Gasteiger partial charge is 0.150 e. The summed E-state index contributed by atoms with van der Waals surface area (Å²) < 4.78 is 0. The Balaban J connectivity index is 0.000000174. The van der Waals surface area contributed by atoms with Crippen LogP contribution in [0.2, 0.25) is 26.2 Å². The minimum Gasteiger partial charge on any atom is -0.298 e. The van der Waals surface area contributed by atoms with Gasteiger partial charge in [-0.05, 0) is 87.6 Å². The number of carbonyl (C=O) groups excluding carboxylic acids is 4. The molecule has 0 N–H and O–H groups in total. The molecule has 0 bridgehead atoms. The van der Waals surface area contributed by atoms with Crippen molar-refractivity contribution in [2.45, 2.75) is 26.2 Å². The predicted molar refractivity (Wildman–Crippen MR) is 295 cm³/mol. The van der Waals surface area contributed by atoms with Gasteiger partial charge in [-0.15, -0.1) is 0 Å². The van der Waals surface area contributed by atoms with Crippen molar-refractivity contribution >= 4 is 84.4 Å². The minimum atomic E-state index is -2.24. The largest absolute Gasteiger partial charge is 0.298 e. The third kappa shape index (κ3) is 8.98. The van der Waals surface area contributed by atoms with Crippen molar-refractivity contribution in [3.63, 3.8) is 0 Å². The SMILES string of the molecule is C[Si]1(C)C(c2ccc(C=O)cc2)=C(c2ccccc2)C(c2ccccc2)=C1c1ccc(C=O)cc1.C[Si]1(C)C(c2ccc(C=O)cc2)=C(c2ccccc2)C(c2ccccc2)=C1c1ccc(C=O)cc1. The number of aldehydes is 4. The standard InChI is InChI=1S/2C32H26O2Si/c2*1-35(2)31(27-17-13-23(21-33)14-18-27)29(25-9-5-3-6-10-25)30(26-11-7-4-8-12-26)32(35)28-19-15-24(22-34)16-20-28/h2*3-22H,1-2H3. The number of rotatable bonds is 12. The molecule has 0 saturated heterocycles. The molecule has 0 unspecified atom stereocenters. The van der Waals surface area contributed by atoms with Gasteiger partial charge in [-0.1, -0.05) is 245 Å². The van der Waals surface area contributed by atoms with E-state index in [2.05, 4.69) is 172 Å². The molecule has 70 heavy (non-hydrogen) atoms. The fraction of sp³-hybridized carbons (Fsp3) is 0.0625. The van der Waals surface area contributed by atoms with E-state index < -0.39 is 16.1 Å². The van der Waals surface area contributed by atoms with Crippen molar-refractivity contribution in [1.82, 2.24) is 0 Å². The van der Waals surface area contributed by atoms with E-state index in [9.17, 15) is 19.2 Å². The molecule has 0 spiro atoms. The number of carbonyl (C=O) groups is 4. The van der Waals surface area contributed by atoms with Gasteiger partial charge in [-0.3, -0.25) is 19.2 Å². The van der Waals surface area contributed by atoms with Gasteiger partial charge in [0.25, 0.3) is 0 Å². The normalized spacial score (nSPS) is 14.8. The molecule has 10 rings (SSSR count). The number of hydrogen-bond donors (Lipinski definition) is 0. The van der Waals surface area contributed by atoms with Gasteiger partial charge in [0, 0.05) is 22.3 Å². The lowest BCUT2D eigenvalue weighted by Crippen LogP contribution is -2.28. The summed E-state index contributed by atoms with van der Waals surface area (Å²) in [6, 6.07) is 74.2. The van der Waals surface area contributed by atoms with Gasteiger partial charge in [0.1, 0.15) is 41.3 Å². The zero-order valence-electron chi connectivity index (χ0n) is 39.7. The molecule has 0 radical (unpaired) electrons. The zero-order valence-corrected chi connectivity index (χ0v) is 41.7. The van der Waals surface area contributed by atoms with Crippen LogP contribution in [0.1, 0.15) is 85.9 Å². The van der Waals surface area contributed by atoms with Gasteiger partial charge in [0.15, 0.2) is 0 Å². The summed E-state index contributed by atoms with van der Waals surface area (Å²) in [6.45, 7) is 9.60. The van der Waals surface area contributed by atoms with Crippen molar-refractivity contribution < 1.29 is 19.2 Å². The molecule has 2 heterocycles. The van der Waals surface area contributed by atoms with Crippen LogP contribution in [0.4, 0.5) is 0 Å². The van der Waals surface area contributed by atoms with E-state index in [-0.39, 0.29) is 0 Å². The third-order valence-electron chi connectivity index (χ3n) is 13.6. The van der Waals surface area contributed by atoms with E-state index in [1.54, 1.807) is 0 Å². The number of benzene rings is 8. The summed E-state index contributed by atoms with van der Waals surface area (Å²) in [4.78, 5) is 45.4. The molecule has 2 aliphatic heterocycles. The Kier molecular flexibility index (Phi) is 13.5. The molecule has 340 valence electrons. The molecule has 0 aliphatic carbocycles. The maximum absolute atomic E-state index is 11.3. The van der Waals surface area contributed by atoms with Gasteiger partial charge < -0.3 is 0 Å². The Labute approximate surface area is 412 Å². The first-order valence-electron chi connectivity index (χ1n) is 23.5.